The molecular weight excluding hydrogens is 192 g/mol. The van der Waals surface area contributed by atoms with Gasteiger partial charge in [-0.15, -0.1) is 0 Å². The first-order chi connectivity index (χ1) is 7.24. The van der Waals surface area contributed by atoms with Gasteiger partial charge in [-0.2, -0.15) is 0 Å². The van der Waals surface area contributed by atoms with Crippen molar-refractivity contribution >= 4 is 11.3 Å². The highest BCUT2D eigenvalue weighted by molar-refractivity contribution is 6.05. The van der Waals surface area contributed by atoms with Crippen LogP contribution in [-0.4, -0.2) is 28.9 Å². The predicted octanol–water partition coefficient (Wildman–Crippen LogP) is 1.05. The van der Waals surface area contributed by atoms with Gasteiger partial charge in [0.2, 0.25) is 0 Å². The minimum atomic E-state index is -0.0264. The van der Waals surface area contributed by atoms with Crippen LogP contribution in [0.4, 0.5) is 0 Å². The number of fused-ring (bicyclic) bond motifs is 1. The van der Waals surface area contributed by atoms with Crippen molar-refractivity contribution in [2.24, 2.45) is 0 Å². The number of aromatic nitrogens is 1. The molecule has 0 radical (unpaired) electrons. The molecule has 4 heteroatoms. The van der Waals surface area contributed by atoms with Crippen LogP contribution in [0, 0.1) is 0 Å². The van der Waals surface area contributed by atoms with E-state index in [4.69, 9.17) is 0 Å². The highest BCUT2D eigenvalue weighted by Gasteiger charge is 2.12. The van der Waals surface area contributed by atoms with Gasteiger partial charge < -0.3 is 14.8 Å². The lowest BCUT2D eigenvalue weighted by atomic mass is 10.1. The number of nitrogens with one attached hydrogen (secondary N) is 1. The fourth-order valence-corrected chi connectivity index (χ4v) is 1.63. The van der Waals surface area contributed by atoms with Gasteiger partial charge in [0.05, 0.1) is 12.1 Å². The molecule has 78 valence electrons. The molecule has 0 saturated carbocycles. The molecule has 0 fully saturated rings. The molecule has 0 aliphatic rings. The number of carbonyl (C=O) groups excluding carboxylic acids is 1. The first kappa shape index (κ1) is 9.73. The van der Waals surface area contributed by atoms with Crippen LogP contribution in [0.5, 0.6) is 5.75 Å². The van der Waals surface area contributed by atoms with E-state index in [9.17, 15) is 9.90 Å². The van der Waals surface area contributed by atoms with Crippen molar-refractivity contribution in [1.82, 2.24) is 9.72 Å². The van der Waals surface area contributed by atoms with Crippen LogP contribution < -0.4 is 5.32 Å². The molecule has 2 aromatic heterocycles. The third-order valence-corrected chi connectivity index (χ3v) is 2.30. The number of pyridine rings is 1. The third-order valence-electron chi connectivity index (χ3n) is 2.30. The molecule has 0 saturated heterocycles. The maximum atomic E-state index is 11.7. The number of aromatic hydroxyl groups is 1. The number of carbonyl (C=O) groups is 1. The summed E-state index contributed by atoms with van der Waals surface area (Å²) in [5, 5.41) is 12.5. The van der Waals surface area contributed by atoms with E-state index in [2.05, 4.69) is 5.32 Å². The van der Waals surface area contributed by atoms with Crippen LogP contribution >= 0.6 is 0 Å². The Balaban J connectivity index is 2.57. The Bertz CT molecular complexity index is 502. The fraction of sp³-hybridized carbons (Fsp3) is 0.182. The molecule has 0 unspecified atom stereocenters. The zero-order valence-corrected chi connectivity index (χ0v) is 8.40. The highest BCUT2D eigenvalue weighted by Crippen LogP contribution is 2.23. The van der Waals surface area contributed by atoms with Gasteiger partial charge in [0.25, 0.3) is 0 Å². The van der Waals surface area contributed by atoms with Gasteiger partial charge in [0.1, 0.15) is 5.75 Å². The van der Waals surface area contributed by atoms with Crippen molar-refractivity contribution in [3.8, 4) is 5.75 Å². The van der Waals surface area contributed by atoms with Gasteiger partial charge in [-0.1, -0.05) is 0 Å². The average Bonchev–Trinajstić information content (AvgIpc) is 2.63. The number of likely N-dealkylation sites (N-methyl/N-ethyl adjacent to an activating group) is 1. The standard InChI is InChI=1S/C11H12N2O2/c1-12-7-10(15)8-4-6-13-5-2-3-9(14)11(8)13/h2-6,12,14H,7H2,1H3. The molecular formula is C11H12N2O2. The summed E-state index contributed by atoms with van der Waals surface area (Å²) in [4.78, 5) is 11.7. The maximum Gasteiger partial charge on any atom is 0.178 e. The second-order valence-electron chi connectivity index (χ2n) is 3.33. The molecule has 0 bridgehead atoms. The summed E-state index contributed by atoms with van der Waals surface area (Å²) in [5.74, 6) is 0.100. The highest BCUT2D eigenvalue weighted by atomic mass is 16.3. The number of ketones is 1. The summed E-state index contributed by atoms with van der Waals surface area (Å²) >= 11 is 0. The quantitative estimate of drug-likeness (QED) is 0.735. The Labute approximate surface area is 87.2 Å². The van der Waals surface area contributed by atoms with Gasteiger partial charge in [-0.3, -0.25) is 4.79 Å². The van der Waals surface area contributed by atoms with E-state index in [0.29, 0.717) is 11.1 Å². The molecule has 4 nitrogen and oxygen atoms in total. The van der Waals surface area contributed by atoms with Crippen molar-refractivity contribution in [1.29, 1.82) is 0 Å². The summed E-state index contributed by atoms with van der Waals surface area (Å²) in [6.45, 7) is 0.272. The molecule has 2 rings (SSSR count). The van der Waals surface area contributed by atoms with E-state index < -0.39 is 0 Å². The maximum absolute atomic E-state index is 11.7. The molecule has 2 aromatic rings. The molecule has 0 amide bonds. The van der Waals surface area contributed by atoms with E-state index >= 15 is 0 Å². The Morgan fingerprint density at radius 1 is 1.47 bits per heavy atom. The van der Waals surface area contributed by atoms with E-state index in [1.54, 1.807) is 42.0 Å². The van der Waals surface area contributed by atoms with E-state index in [-0.39, 0.29) is 18.1 Å². The van der Waals surface area contributed by atoms with Crippen molar-refractivity contribution in [2.75, 3.05) is 13.6 Å². The van der Waals surface area contributed by atoms with E-state index in [1.165, 1.54) is 0 Å². The van der Waals surface area contributed by atoms with Crippen LogP contribution in [0.2, 0.25) is 0 Å². The zero-order chi connectivity index (χ0) is 10.8. The Morgan fingerprint density at radius 2 is 2.27 bits per heavy atom. The van der Waals surface area contributed by atoms with Crippen LogP contribution in [0.15, 0.2) is 30.6 Å². The SMILES string of the molecule is CNCC(=O)c1ccn2cccc(O)c12. The van der Waals surface area contributed by atoms with Crippen molar-refractivity contribution in [3.05, 3.63) is 36.2 Å². The second-order valence-corrected chi connectivity index (χ2v) is 3.33. The minimum Gasteiger partial charge on any atom is -0.506 e. The summed E-state index contributed by atoms with van der Waals surface area (Å²) in [6, 6.07) is 5.02. The van der Waals surface area contributed by atoms with Gasteiger partial charge in [0.15, 0.2) is 5.78 Å². The van der Waals surface area contributed by atoms with E-state index in [1.807, 2.05) is 0 Å². The summed E-state index contributed by atoms with van der Waals surface area (Å²) in [6.07, 6.45) is 3.56. The number of hydrogen-bond acceptors (Lipinski definition) is 3. The number of Topliss-reactive ketones (excluding diaryl/α,β-unsaturated/α-hetero) is 1. The number of hydrogen-bond donors (Lipinski definition) is 2. The van der Waals surface area contributed by atoms with Gasteiger partial charge in [0, 0.05) is 18.0 Å². The molecule has 0 aromatic carbocycles. The Kier molecular flexibility index (Phi) is 2.43. The fourth-order valence-electron chi connectivity index (χ4n) is 1.63. The summed E-state index contributed by atoms with van der Waals surface area (Å²) in [5.41, 5.74) is 1.11. The van der Waals surface area contributed by atoms with Crippen molar-refractivity contribution in [2.45, 2.75) is 0 Å². The molecule has 0 atom stereocenters. The summed E-state index contributed by atoms with van der Waals surface area (Å²) in [7, 11) is 1.72. The van der Waals surface area contributed by atoms with Crippen molar-refractivity contribution < 1.29 is 9.90 Å². The predicted molar refractivity (Wildman–Crippen MR) is 57.3 cm³/mol. The first-order valence-corrected chi connectivity index (χ1v) is 4.70. The zero-order valence-electron chi connectivity index (χ0n) is 8.40. The molecule has 0 spiro atoms. The average molecular weight is 204 g/mol. The van der Waals surface area contributed by atoms with Crippen LogP contribution in [0.25, 0.3) is 5.52 Å². The van der Waals surface area contributed by atoms with Crippen LogP contribution in [0.1, 0.15) is 10.4 Å². The van der Waals surface area contributed by atoms with E-state index in [0.717, 1.165) is 0 Å². The Morgan fingerprint density at radius 3 is 3.00 bits per heavy atom. The lowest BCUT2D eigenvalue weighted by molar-refractivity contribution is 0.0995. The molecule has 2 heterocycles. The van der Waals surface area contributed by atoms with Gasteiger partial charge >= 0.3 is 0 Å². The van der Waals surface area contributed by atoms with Crippen LogP contribution in [0.3, 0.4) is 0 Å². The molecule has 15 heavy (non-hydrogen) atoms. The topological polar surface area (TPSA) is 53.7 Å². The lowest BCUT2D eigenvalue weighted by Crippen LogP contribution is -2.18. The monoisotopic (exact) mass is 204 g/mol. The molecule has 0 aliphatic heterocycles. The largest absolute Gasteiger partial charge is 0.506 e. The van der Waals surface area contributed by atoms with Crippen molar-refractivity contribution in [3.63, 3.8) is 0 Å². The third kappa shape index (κ3) is 1.59. The smallest absolute Gasteiger partial charge is 0.178 e. The second kappa shape index (κ2) is 3.74. The number of nitrogens with zero attached hydrogens (tertiary/aromatic N) is 1. The number of rotatable bonds is 3. The van der Waals surface area contributed by atoms with Gasteiger partial charge in [-0.25, -0.2) is 0 Å². The molecule has 0 aliphatic carbocycles. The minimum absolute atomic E-state index is 0.0264. The van der Waals surface area contributed by atoms with Crippen LogP contribution in [-0.2, 0) is 0 Å². The molecule has 2 N–H and O–H groups in total. The lowest BCUT2D eigenvalue weighted by Gasteiger charge is -2.01. The van der Waals surface area contributed by atoms with Gasteiger partial charge in [-0.05, 0) is 25.2 Å². The Hall–Kier alpha value is -1.81. The normalized spacial score (nSPS) is 10.7. The first-order valence-electron chi connectivity index (χ1n) is 4.70. The summed E-state index contributed by atoms with van der Waals surface area (Å²) < 4.78 is 1.73.